The third-order valence-electron chi connectivity index (χ3n) is 3.98. The second-order valence-electron chi connectivity index (χ2n) is 5.75. The second-order valence-corrected chi connectivity index (χ2v) is 5.75. The molecular weight excluding hydrogens is 242 g/mol. The molecule has 4 nitrogen and oxygen atoms in total. The number of aromatic carboxylic acids is 1. The first-order chi connectivity index (χ1) is 8.90. The van der Waals surface area contributed by atoms with Gasteiger partial charge in [0.1, 0.15) is 0 Å². The fourth-order valence-corrected chi connectivity index (χ4v) is 2.91. The predicted octanol–water partition coefficient (Wildman–Crippen LogP) is 3.12. The number of aromatic nitrogens is 1. The molecule has 1 heterocycles. The summed E-state index contributed by atoms with van der Waals surface area (Å²) in [6.45, 7) is 4.19. The van der Waals surface area contributed by atoms with Crippen molar-refractivity contribution in [3.05, 3.63) is 35.0 Å². The molecule has 2 aromatic rings. The van der Waals surface area contributed by atoms with Crippen LogP contribution < -0.4 is 0 Å². The third-order valence-corrected chi connectivity index (χ3v) is 3.98. The standard InChI is InChI=1S/C15H15NO3/c1-15(2)6-5-11(17)13-12(15)9-7-8(14(18)19)3-4-10(9)16-13/h3-4,7,16H,5-6H2,1-2H3,(H,18,19). The number of rotatable bonds is 1. The molecule has 3 rings (SSSR count). The van der Waals surface area contributed by atoms with Gasteiger partial charge in [-0.25, -0.2) is 4.79 Å². The van der Waals surface area contributed by atoms with E-state index in [0.717, 1.165) is 22.9 Å². The maximum Gasteiger partial charge on any atom is 0.335 e. The minimum Gasteiger partial charge on any atom is -0.478 e. The molecule has 0 radical (unpaired) electrons. The van der Waals surface area contributed by atoms with E-state index in [-0.39, 0.29) is 16.8 Å². The van der Waals surface area contributed by atoms with Crippen LogP contribution in [0.2, 0.25) is 0 Å². The van der Waals surface area contributed by atoms with E-state index in [1.807, 2.05) is 0 Å². The lowest BCUT2D eigenvalue weighted by atomic mass is 9.74. The number of benzene rings is 1. The van der Waals surface area contributed by atoms with Crippen LogP contribution in [0.25, 0.3) is 10.9 Å². The summed E-state index contributed by atoms with van der Waals surface area (Å²) in [6.07, 6.45) is 1.34. The first-order valence-electron chi connectivity index (χ1n) is 6.33. The third kappa shape index (κ3) is 1.67. The molecule has 1 aliphatic rings. The Balaban J connectivity index is 2.36. The number of Topliss-reactive ketones (excluding diaryl/α,β-unsaturated/α-hetero) is 1. The maximum atomic E-state index is 12.0. The van der Waals surface area contributed by atoms with Crippen LogP contribution in [-0.4, -0.2) is 21.8 Å². The smallest absolute Gasteiger partial charge is 0.335 e. The number of carboxylic acids is 1. The summed E-state index contributed by atoms with van der Waals surface area (Å²) in [5.74, 6) is -0.834. The number of nitrogens with one attached hydrogen (secondary N) is 1. The lowest BCUT2D eigenvalue weighted by Gasteiger charge is -2.29. The van der Waals surface area contributed by atoms with Gasteiger partial charge in [0.25, 0.3) is 0 Å². The highest BCUT2D eigenvalue weighted by atomic mass is 16.4. The Labute approximate surface area is 110 Å². The van der Waals surface area contributed by atoms with Crippen molar-refractivity contribution >= 4 is 22.7 Å². The van der Waals surface area contributed by atoms with Crippen molar-refractivity contribution in [3.63, 3.8) is 0 Å². The second kappa shape index (κ2) is 3.70. The minimum absolute atomic E-state index is 0.112. The van der Waals surface area contributed by atoms with E-state index in [2.05, 4.69) is 18.8 Å². The van der Waals surface area contributed by atoms with E-state index >= 15 is 0 Å². The van der Waals surface area contributed by atoms with E-state index in [9.17, 15) is 9.59 Å². The van der Waals surface area contributed by atoms with Gasteiger partial charge in [0.05, 0.1) is 11.3 Å². The normalized spacial score (nSPS) is 17.5. The van der Waals surface area contributed by atoms with Gasteiger partial charge in [-0.3, -0.25) is 4.79 Å². The summed E-state index contributed by atoms with van der Waals surface area (Å²) in [6, 6.07) is 4.96. The van der Waals surface area contributed by atoms with Gasteiger partial charge in [-0.2, -0.15) is 0 Å². The van der Waals surface area contributed by atoms with Crippen LogP contribution in [0, 0.1) is 0 Å². The molecule has 2 N–H and O–H groups in total. The van der Waals surface area contributed by atoms with Crippen molar-refractivity contribution in [2.75, 3.05) is 0 Å². The number of ketones is 1. The SMILES string of the molecule is CC1(C)CCC(=O)c2[nH]c3ccc(C(=O)O)cc3c21. The Morgan fingerprint density at radius 1 is 1.37 bits per heavy atom. The highest BCUT2D eigenvalue weighted by Crippen LogP contribution is 2.41. The molecule has 0 spiro atoms. The van der Waals surface area contributed by atoms with Crippen molar-refractivity contribution in [2.45, 2.75) is 32.1 Å². The van der Waals surface area contributed by atoms with Gasteiger partial charge in [0, 0.05) is 17.3 Å². The monoisotopic (exact) mass is 257 g/mol. The van der Waals surface area contributed by atoms with Crippen LogP contribution in [0.3, 0.4) is 0 Å². The zero-order valence-corrected chi connectivity index (χ0v) is 10.9. The Hall–Kier alpha value is -2.10. The Kier molecular flexibility index (Phi) is 2.33. The van der Waals surface area contributed by atoms with E-state index < -0.39 is 5.97 Å². The van der Waals surface area contributed by atoms with Gasteiger partial charge in [-0.1, -0.05) is 13.8 Å². The number of carbonyl (C=O) groups is 2. The molecule has 0 unspecified atom stereocenters. The molecule has 1 aliphatic carbocycles. The van der Waals surface area contributed by atoms with Crippen LogP contribution in [0.15, 0.2) is 18.2 Å². The lowest BCUT2D eigenvalue weighted by Crippen LogP contribution is -2.26. The van der Waals surface area contributed by atoms with Crippen LogP contribution in [0.4, 0.5) is 0 Å². The molecule has 0 aliphatic heterocycles. The fourth-order valence-electron chi connectivity index (χ4n) is 2.91. The van der Waals surface area contributed by atoms with Crippen LogP contribution in [0.1, 0.15) is 53.1 Å². The van der Waals surface area contributed by atoms with Crippen LogP contribution in [0.5, 0.6) is 0 Å². The molecule has 0 atom stereocenters. The number of carbonyl (C=O) groups excluding carboxylic acids is 1. The average molecular weight is 257 g/mol. The summed E-state index contributed by atoms with van der Waals surface area (Å²) < 4.78 is 0. The lowest BCUT2D eigenvalue weighted by molar-refractivity contribution is 0.0697. The zero-order chi connectivity index (χ0) is 13.8. The van der Waals surface area contributed by atoms with E-state index in [1.165, 1.54) is 0 Å². The molecule has 1 aromatic carbocycles. The zero-order valence-electron chi connectivity index (χ0n) is 10.9. The molecule has 0 saturated carbocycles. The van der Waals surface area contributed by atoms with Gasteiger partial charge in [0.15, 0.2) is 5.78 Å². The minimum atomic E-state index is -0.947. The number of carboxylic acid groups (broad SMARTS) is 1. The average Bonchev–Trinajstić information content (AvgIpc) is 2.74. The molecule has 0 bridgehead atoms. The Morgan fingerprint density at radius 2 is 2.11 bits per heavy atom. The topological polar surface area (TPSA) is 70.2 Å². The molecule has 19 heavy (non-hydrogen) atoms. The highest BCUT2D eigenvalue weighted by Gasteiger charge is 2.35. The van der Waals surface area contributed by atoms with Crippen molar-refractivity contribution in [1.29, 1.82) is 0 Å². The quantitative estimate of drug-likeness (QED) is 0.824. The first kappa shape index (κ1) is 12.0. The summed E-state index contributed by atoms with van der Waals surface area (Å²) in [7, 11) is 0. The van der Waals surface area contributed by atoms with Crippen molar-refractivity contribution in [1.82, 2.24) is 4.98 Å². The number of aromatic amines is 1. The van der Waals surface area contributed by atoms with Crippen LogP contribution >= 0.6 is 0 Å². The molecular formula is C15H15NO3. The van der Waals surface area contributed by atoms with Gasteiger partial charge in [-0.05, 0) is 35.6 Å². The van der Waals surface area contributed by atoms with Gasteiger partial charge >= 0.3 is 5.97 Å². The van der Waals surface area contributed by atoms with Gasteiger partial charge in [-0.15, -0.1) is 0 Å². The molecule has 4 heteroatoms. The largest absolute Gasteiger partial charge is 0.478 e. The Bertz CT molecular complexity index is 709. The fraction of sp³-hybridized carbons (Fsp3) is 0.333. The van der Waals surface area contributed by atoms with Crippen molar-refractivity contribution in [2.24, 2.45) is 0 Å². The number of H-pyrrole nitrogens is 1. The van der Waals surface area contributed by atoms with Crippen molar-refractivity contribution in [3.8, 4) is 0 Å². The molecule has 98 valence electrons. The summed E-state index contributed by atoms with van der Waals surface area (Å²) >= 11 is 0. The summed E-state index contributed by atoms with van der Waals surface area (Å²) in [5.41, 5.74) is 2.58. The maximum absolute atomic E-state index is 12.0. The number of hydrogen-bond donors (Lipinski definition) is 2. The number of hydrogen-bond acceptors (Lipinski definition) is 2. The first-order valence-corrected chi connectivity index (χ1v) is 6.33. The molecule has 0 saturated heterocycles. The summed E-state index contributed by atoms with van der Waals surface area (Å²) in [5, 5.41) is 9.95. The van der Waals surface area contributed by atoms with Crippen LogP contribution in [-0.2, 0) is 5.41 Å². The predicted molar refractivity (Wildman–Crippen MR) is 71.8 cm³/mol. The molecule has 0 amide bonds. The van der Waals surface area contributed by atoms with Gasteiger partial charge in [0.2, 0.25) is 0 Å². The number of fused-ring (bicyclic) bond motifs is 3. The highest BCUT2D eigenvalue weighted by molar-refractivity contribution is 6.05. The van der Waals surface area contributed by atoms with Crippen molar-refractivity contribution < 1.29 is 14.7 Å². The Morgan fingerprint density at radius 3 is 2.79 bits per heavy atom. The van der Waals surface area contributed by atoms with E-state index in [4.69, 9.17) is 5.11 Å². The van der Waals surface area contributed by atoms with E-state index in [0.29, 0.717) is 12.1 Å². The molecule has 0 fully saturated rings. The summed E-state index contributed by atoms with van der Waals surface area (Å²) in [4.78, 5) is 26.2. The van der Waals surface area contributed by atoms with E-state index in [1.54, 1.807) is 18.2 Å². The molecule has 1 aromatic heterocycles. The van der Waals surface area contributed by atoms with Gasteiger partial charge < -0.3 is 10.1 Å².